The van der Waals surface area contributed by atoms with E-state index in [1.165, 1.54) is 17.6 Å². The highest BCUT2D eigenvalue weighted by Crippen LogP contribution is 2.25. The SMILES string of the molecule is O=C1OC(c2ccco2)=N/C1=C\c1cc(Br)cs1. The number of hydrogen-bond acceptors (Lipinski definition) is 5. The van der Waals surface area contributed by atoms with Gasteiger partial charge < -0.3 is 9.15 Å². The summed E-state index contributed by atoms with van der Waals surface area (Å²) in [5, 5.41) is 1.93. The van der Waals surface area contributed by atoms with Crippen LogP contribution in [-0.2, 0) is 9.53 Å². The first-order valence-electron chi connectivity index (χ1n) is 5.03. The van der Waals surface area contributed by atoms with Crippen LogP contribution in [0.25, 0.3) is 6.08 Å². The molecule has 0 N–H and O–H groups in total. The van der Waals surface area contributed by atoms with Crippen molar-refractivity contribution in [2.45, 2.75) is 0 Å². The van der Waals surface area contributed by atoms with Crippen LogP contribution in [0.3, 0.4) is 0 Å². The summed E-state index contributed by atoms with van der Waals surface area (Å²) >= 11 is 4.87. The Hall–Kier alpha value is -1.66. The zero-order chi connectivity index (χ0) is 12.5. The summed E-state index contributed by atoms with van der Waals surface area (Å²) in [4.78, 5) is 16.7. The van der Waals surface area contributed by atoms with E-state index >= 15 is 0 Å². The van der Waals surface area contributed by atoms with Gasteiger partial charge in [0.25, 0.3) is 5.90 Å². The molecule has 6 heteroatoms. The summed E-state index contributed by atoms with van der Waals surface area (Å²) < 4.78 is 11.1. The lowest BCUT2D eigenvalue weighted by molar-refractivity contribution is -0.130. The molecule has 0 aliphatic carbocycles. The summed E-state index contributed by atoms with van der Waals surface area (Å²) in [5.74, 6) is 0.178. The second kappa shape index (κ2) is 4.55. The third-order valence-corrected chi connectivity index (χ3v) is 3.86. The molecule has 0 saturated carbocycles. The molecule has 18 heavy (non-hydrogen) atoms. The van der Waals surface area contributed by atoms with E-state index < -0.39 is 5.97 Å². The van der Waals surface area contributed by atoms with Crippen LogP contribution >= 0.6 is 27.3 Å². The summed E-state index contributed by atoms with van der Waals surface area (Å²) in [6.07, 6.45) is 3.19. The number of hydrogen-bond donors (Lipinski definition) is 0. The number of nitrogens with zero attached hydrogens (tertiary/aromatic N) is 1. The van der Waals surface area contributed by atoms with Gasteiger partial charge in [0, 0.05) is 14.7 Å². The highest BCUT2D eigenvalue weighted by atomic mass is 79.9. The minimum Gasteiger partial charge on any atom is -0.459 e. The van der Waals surface area contributed by atoms with Gasteiger partial charge in [-0.1, -0.05) is 0 Å². The van der Waals surface area contributed by atoms with E-state index in [1.54, 1.807) is 18.2 Å². The first-order chi connectivity index (χ1) is 8.72. The average molecular weight is 324 g/mol. The normalized spacial score (nSPS) is 17.1. The molecule has 2 aromatic heterocycles. The van der Waals surface area contributed by atoms with Crippen LogP contribution < -0.4 is 0 Å². The fraction of sp³-hybridized carbons (Fsp3) is 0. The van der Waals surface area contributed by atoms with Crippen LogP contribution in [0, 0.1) is 0 Å². The Morgan fingerprint density at radius 2 is 2.33 bits per heavy atom. The molecule has 0 radical (unpaired) electrons. The molecule has 1 aliphatic heterocycles. The highest BCUT2D eigenvalue weighted by molar-refractivity contribution is 9.10. The number of carbonyl (C=O) groups is 1. The van der Waals surface area contributed by atoms with E-state index in [-0.39, 0.29) is 11.6 Å². The Balaban J connectivity index is 1.94. The Bertz CT molecular complexity index is 655. The fourth-order valence-corrected chi connectivity index (χ4v) is 2.82. The Morgan fingerprint density at radius 1 is 1.44 bits per heavy atom. The van der Waals surface area contributed by atoms with Crippen molar-refractivity contribution in [3.63, 3.8) is 0 Å². The van der Waals surface area contributed by atoms with E-state index in [0.29, 0.717) is 5.76 Å². The number of thiophene rings is 1. The molecule has 3 rings (SSSR count). The van der Waals surface area contributed by atoms with Crippen LogP contribution in [0.2, 0.25) is 0 Å². The summed E-state index contributed by atoms with van der Waals surface area (Å²) in [6, 6.07) is 5.31. The maximum Gasteiger partial charge on any atom is 0.363 e. The van der Waals surface area contributed by atoms with E-state index in [2.05, 4.69) is 20.9 Å². The van der Waals surface area contributed by atoms with Crippen molar-refractivity contribution in [2.75, 3.05) is 0 Å². The summed E-state index contributed by atoms with van der Waals surface area (Å²) in [6.45, 7) is 0. The number of rotatable bonds is 2. The van der Waals surface area contributed by atoms with Crippen LogP contribution in [0.5, 0.6) is 0 Å². The van der Waals surface area contributed by atoms with Crippen molar-refractivity contribution in [2.24, 2.45) is 4.99 Å². The average Bonchev–Trinajstić information content (AvgIpc) is 3.02. The van der Waals surface area contributed by atoms with Gasteiger partial charge >= 0.3 is 5.97 Å². The minimum absolute atomic E-state index is 0.201. The van der Waals surface area contributed by atoms with Gasteiger partial charge in [0.1, 0.15) is 0 Å². The highest BCUT2D eigenvalue weighted by Gasteiger charge is 2.25. The van der Waals surface area contributed by atoms with E-state index in [1.807, 2.05) is 11.4 Å². The predicted molar refractivity (Wildman–Crippen MR) is 71.3 cm³/mol. The van der Waals surface area contributed by atoms with Gasteiger partial charge in [0.05, 0.1) is 6.26 Å². The lowest BCUT2D eigenvalue weighted by Gasteiger charge is -1.91. The monoisotopic (exact) mass is 323 g/mol. The van der Waals surface area contributed by atoms with Crippen LogP contribution in [0.1, 0.15) is 10.6 Å². The number of cyclic esters (lactones) is 1. The quantitative estimate of drug-likeness (QED) is 0.628. The maximum atomic E-state index is 11.6. The zero-order valence-corrected chi connectivity index (χ0v) is 11.3. The Morgan fingerprint density at radius 3 is 3.00 bits per heavy atom. The number of furan rings is 1. The second-order valence-electron chi connectivity index (χ2n) is 3.48. The van der Waals surface area contributed by atoms with Gasteiger partial charge in [0.15, 0.2) is 11.5 Å². The number of ether oxygens (including phenoxy) is 1. The molecular formula is C12H6BrNO3S. The van der Waals surface area contributed by atoms with Crippen molar-refractivity contribution < 1.29 is 13.9 Å². The molecule has 0 bridgehead atoms. The summed E-state index contributed by atoms with van der Waals surface area (Å²) in [5.41, 5.74) is 0.274. The number of halogens is 1. The molecule has 4 nitrogen and oxygen atoms in total. The zero-order valence-electron chi connectivity index (χ0n) is 8.92. The van der Waals surface area contributed by atoms with Gasteiger partial charge in [-0.25, -0.2) is 9.79 Å². The second-order valence-corrected chi connectivity index (χ2v) is 5.34. The van der Waals surface area contributed by atoms with Gasteiger partial charge in [0.2, 0.25) is 0 Å². The standard InChI is InChI=1S/C12H6BrNO3S/c13-7-4-8(18-6-7)5-9-12(15)17-11(14-9)10-2-1-3-16-10/h1-6H/b9-5-. The van der Waals surface area contributed by atoms with Gasteiger partial charge in [-0.3, -0.25) is 0 Å². The summed E-state index contributed by atoms with van der Waals surface area (Å²) in [7, 11) is 0. The van der Waals surface area contributed by atoms with E-state index in [9.17, 15) is 4.79 Å². The first-order valence-corrected chi connectivity index (χ1v) is 6.70. The lowest BCUT2D eigenvalue weighted by atomic mass is 10.3. The molecule has 0 fully saturated rings. The largest absolute Gasteiger partial charge is 0.459 e. The third kappa shape index (κ3) is 2.16. The number of aliphatic imine (C=N–C) groups is 1. The molecule has 0 unspecified atom stereocenters. The molecule has 0 spiro atoms. The number of esters is 1. The Kier molecular flexibility index (Phi) is 2.89. The van der Waals surface area contributed by atoms with Crippen molar-refractivity contribution >= 4 is 45.2 Å². The van der Waals surface area contributed by atoms with Gasteiger partial charge in [-0.15, -0.1) is 11.3 Å². The molecule has 0 amide bonds. The predicted octanol–water partition coefficient (Wildman–Crippen LogP) is 3.45. The van der Waals surface area contributed by atoms with Crippen molar-refractivity contribution in [1.82, 2.24) is 0 Å². The third-order valence-electron chi connectivity index (χ3n) is 2.22. The smallest absolute Gasteiger partial charge is 0.363 e. The van der Waals surface area contributed by atoms with Gasteiger partial charge in [-0.05, 0) is 40.2 Å². The van der Waals surface area contributed by atoms with Crippen molar-refractivity contribution in [3.8, 4) is 0 Å². The van der Waals surface area contributed by atoms with Crippen molar-refractivity contribution in [3.05, 3.63) is 50.6 Å². The number of carbonyl (C=O) groups excluding carboxylic acids is 1. The van der Waals surface area contributed by atoms with Crippen LogP contribution in [0.15, 0.2) is 49.4 Å². The topological polar surface area (TPSA) is 51.8 Å². The molecule has 3 heterocycles. The fourth-order valence-electron chi connectivity index (χ4n) is 1.45. The van der Waals surface area contributed by atoms with E-state index in [0.717, 1.165) is 9.35 Å². The van der Waals surface area contributed by atoms with Gasteiger partial charge in [-0.2, -0.15) is 0 Å². The molecule has 0 aromatic carbocycles. The Labute approximate surface area is 115 Å². The van der Waals surface area contributed by atoms with Crippen LogP contribution in [0.4, 0.5) is 0 Å². The van der Waals surface area contributed by atoms with Crippen LogP contribution in [-0.4, -0.2) is 11.9 Å². The molecule has 0 saturated heterocycles. The van der Waals surface area contributed by atoms with E-state index in [4.69, 9.17) is 9.15 Å². The lowest BCUT2D eigenvalue weighted by Crippen LogP contribution is -2.03. The molecule has 90 valence electrons. The maximum absolute atomic E-state index is 11.6. The molecule has 2 aromatic rings. The molecule has 0 atom stereocenters. The first kappa shape index (κ1) is 11.4. The molecular weight excluding hydrogens is 318 g/mol. The molecule has 1 aliphatic rings. The minimum atomic E-state index is -0.467. The van der Waals surface area contributed by atoms with Crippen molar-refractivity contribution in [1.29, 1.82) is 0 Å².